The SMILES string of the molecule is CN1CCN(C(=O)CCc2ccc(F)c(F)c2)C(c2nn[nH]n2)C1. The van der Waals surface area contributed by atoms with Crippen molar-refractivity contribution in [3.63, 3.8) is 0 Å². The normalized spacial score (nSPS) is 18.8. The van der Waals surface area contributed by atoms with Gasteiger partial charge >= 0.3 is 0 Å². The Balaban J connectivity index is 1.67. The average molecular weight is 336 g/mol. The molecule has 7 nitrogen and oxygen atoms in total. The number of likely N-dealkylation sites (N-methyl/N-ethyl adjacent to an activating group) is 1. The Labute approximate surface area is 137 Å². The third-order valence-corrected chi connectivity index (χ3v) is 4.18. The molecule has 1 aliphatic rings. The molecule has 0 radical (unpaired) electrons. The van der Waals surface area contributed by atoms with Crippen molar-refractivity contribution in [3.05, 3.63) is 41.2 Å². The van der Waals surface area contributed by atoms with E-state index in [1.807, 2.05) is 7.05 Å². The van der Waals surface area contributed by atoms with E-state index in [0.29, 0.717) is 30.9 Å². The summed E-state index contributed by atoms with van der Waals surface area (Å²) < 4.78 is 26.2. The number of hydrogen-bond acceptors (Lipinski definition) is 5. The second-order valence-corrected chi connectivity index (χ2v) is 5.88. The highest BCUT2D eigenvalue weighted by Gasteiger charge is 2.32. The molecule has 24 heavy (non-hydrogen) atoms. The molecule has 2 aromatic rings. The number of amides is 1. The van der Waals surface area contributed by atoms with Crippen LogP contribution >= 0.6 is 0 Å². The van der Waals surface area contributed by atoms with Gasteiger partial charge in [0.2, 0.25) is 5.91 Å². The third kappa shape index (κ3) is 3.56. The molecule has 0 bridgehead atoms. The van der Waals surface area contributed by atoms with Crippen LogP contribution in [0.1, 0.15) is 23.9 Å². The predicted octanol–water partition coefficient (Wildman–Crippen LogP) is 0.926. The van der Waals surface area contributed by atoms with E-state index in [-0.39, 0.29) is 18.4 Å². The number of rotatable bonds is 4. The van der Waals surface area contributed by atoms with Crippen LogP contribution in [0, 0.1) is 11.6 Å². The molecule has 1 fully saturated rings. The number of benzene rings is 1. The van der Waals surface area contributed by atoms with Crippen molar-refractivity contribution in [1.82, 2.24) is 30.4 Å². The molecule has 2 heterocycles. The lowest BCUT2D eigenvalue weighted by molar-refractivity contribution is -0.136. The number of aromatic amines is 1. The number of carbonyl (C=O) groups is 1. The molecule has 1 unspecified atom stereocenters. The Morgan fingerprint density at radius 3 is 2.88 bits per heavy atom. The number of tetrazole rings is 1. The number of H-pyrrole nitrogens is 1. The van der Waals surface area contributed by atoms with E-state index in [9.17, 15) is 13.6 Å². The summed E-state index contributed by atoms with van der Waals surface area (Å²) in [6, 6.07) is 3.43. The first kappa shape index (κ1) is 16.4. The van der Waals surface area contributed by atoms with Gasteiger partial charge in [0.05, 0.1) is 0 Å². The third-order valence-electron chi connectivity index (χ3n) is 4.18. The van der Waals surface area contributed by atoms with Gasteiger partial charge in [-0.1, -0.05) is 11.3 Å². The minimum atomic E-state index is -0.899. The minimum Gasteiger partial charge on any atom is -0.330 e. The molecule has 3 rings (SSSR count). The maximum absolute atomic E-state index is 13.2. The highest BCUT2D eigenvalue weighted by Crippen LogP contribution is 2.23. The van der Waals surface area contributed by atoms with Crippen LogP contribution in [-0.2, 0) is 11.2 Å². The largest absolute Gasteiger partial charge is 0.330 e. The lowest BCUT2D eigenvalue weighted by atomic mass is 10.1. The van der Waals surface area contributed by atoms with Crippen molar-refractivity contribution in [1.29, 1.82) is 0 Å². The van der Waals surface area contributed by atoms with E-state index in [4.69, 9.17) is 0 Å². The molecule has 1 amide bonds. The van der Waals surface area contributed by atoms with Gasteiger partial charge in [-0.05, 0) is 31.2 Å². The topological polar surface area (TPSA) is 78.0 Å². The first-order valence-electron chi connectivity index (χ1n) is 7.70. The Morgan fingerprint density at radius 1 is 1.33 bits per heavy atom. The van der Waals surface area contributed by atoms with Gasteiger partial charge in [-0.3, -0.25) is 4.79 Å². The molecule has 1 saturated heterocycles. The highest BCUT2D eigenvalue weighted by atomic mass is 19.2. The monoisotopic (exact) mass is 336 g/mol. The van der Waals surface area contributed by atoms with Crippen molar-refractivity contribution in [2.45, 2.75) is 18.9 Å². The molecule has 1 aliphatic heterocycles. The van der Waals surface area contributed by atoms with Crippen LogP contribution in [0.2, 0.25) is 0 Å². The first-order chi connectivity index (χ1) is 11.5. The smallest absolute Gasteiger partial charge is 0.223 e. The Hall–Kier alpha value is -2.42. The van der Waals surface area contributed by atoms with Gasteiger partial charge in [0.1, 0.15) is 6.04 Å². The fraction of sp³-hybridized carbons (Fsp3) is 0.467. The number of hydrogen-bond donors (Lipinski definition) is 1. The maximum atomic E-state index is 13.2. The molecule has 1 aromatic heterocycles. The highest BCUT2D eigenvalue weighted by molar-refractivity contribution is 5.77. The number of piperazine rings is 1. The van der Waals surface area contributed by atoms with E-state index in [1.54, 1.807) is 4.90 Å². The quantitative estimate of drug-likeness (QED) is 0.898. The van der Waals surface area contributed by atoms with Gasteiger partial charge in [-0.2, -0.15) is 5.21 Å². The van der Waals surface area contributed by atoms with E-state index in [1.165, 1.54) is 6.07 Å². The molecule has 1 N–H and O–H groups in total. The molecule has 1 aromatic carbocycles. The Morgan fingerprint density at radius 2 is 2.17 bits per heavy atom. The van der Waals surface area contributed by atoms with Crippen LogP contribution in [0.3, 0.4) is 0 Å². The van der Waals surface area contributed by atoms with Crippen molar-refractivity contribution >= 4 is 5.91 Å². The van der Waals surface area contributed by atoms with Gasteiger partial charge < -0.3 is 9.80 Å². The summed E-state index contributed by atoms with van der Waals surface area (Å²) in [7, 11) is 1.97. The molecular weight excluding hydrogens is 318 g/mol. The fourth-order valence-electron chi connectivity index (χ4n) is 2.84. The van der Waals surface area contributed by atoms with Gasteiger partial charge in [0, 0.05) is 26.1 Å². The Kier molecular flexibility index (Phi) is 4.79. The van der Waals surface area contributed by atoms with Gasteiger partial charge in [0.25, 0.3) is 0 Å². The summed E-state index contributed by atoms with van der Waals surface area (Å²) in [6.45, 7) is 1.94. The summed E-state index contributed by atoms with van der Waals surface area (Å²) in [6.07, 6.45) is 0.560. The zero-order valence-corrected chi connectivity index (χ0v) is 13.2. The van der Waals surface area contributed by atoms with E-state index in [2.05, 4.69) is 25.5 Å². The van der Waals surface area contributed by atoms with Crippen LogP contribution in [0.5, 0.6) is 0 Å². The molecule has 0 saturated carbocycles. The second-order valence-electron chi connectivity index (χ2n) is 5.88. The van der Waals surface area contributed by atoms with Gasteiger partial charge in [-0.25, -0.2) is 8.78 Å². The predicted molar refractivity (Wildman–Crippen MR) is 80.8 cm³/mol. The van der Waals surface area contributed by atoms with E-state index < -0.39 is 11.6 Å². The zero-order valence-electron chi connectivity index (χ0n) is 13.2. The second kappa shape index (κ2) is 7.00. The first-order valence-corrected chi connectivity index (χ1v) is 7.70. The van der Waals surface area contributed by atoms with E-state index >= 15 is 0 Å². The number of aryl methyl sites for hydroxylation is 1. The Bertz CT molecular complexity index is 708. The minimum absolute atomic E-state index is 0.0670. The maximum Gasteiger partial charge on any atom is 0.223 e. The number of aromatic nitrogens is 4. The molecular formula is C15H18F2N6O. The average Bonchev–Trinajstić information content (AvgIpc) is 3.10. The zero-order chi connectivity index (χ0) is 17.1. The van der Waals surface area contributed by atoms with Crippen molar-refractivity contribution in [2.75, 3.05) is 26.7 Å². The molecule has 9 heteroatoms. The van der Waals surface area contributed by atoms with Gasteiger partial charge in [0.15, 0.2) is 17.5 Å². The lowest BCUT2D eigenvalue weighted by Gasteiger charge is -2.38. The van der Waals surface area contributed by atoms with Crippen LogP contribution in [0.25, 0.3) is 0 Å². The molecule has 0 spiro atoms. The van der Waals surface area contributed by atoms with Crippen LogP contribution in [0.15, 0.2) is 18.2 Å². The summed E-state index contributed by atoms with van der Waals surface area (Å²) in [5, 5.41) is 13.9. The number of nitrogens with one attached hydrogen (secondary N) is 1. The number of nitrogens with zero attached hydrogens (tertiary/aromatic N) is 5. The van der Waals surface area contributed by atoms with Crippen molar-refractivity contribution in [3.8, 4) is 0 Å². The summed E-state index contributed by atoms with van der Waals surface area (Å²) in [4.78, 5) is 16.4. The molecule has 0 aliphatic carbocycles. The van der Waals surface area contributed by atoms with E-state index in [0.717, 1.165) is 18.7 Å². The molecule has 1 atom stereocenters. The van der Waals surface area contributed by atoms with Gasteiger partial charge in [-0.15, -0.1) is 10.2 Å². The molecule has 128 valence electrons. The summed E-state index contributed by atoms with van der Waals surface area (Å²) >= 11 is 0. The van der Waals surface area contributed by atoms with Crippen molar-refractivity contribution in [2.24, 2.45) is 0 Å². The number of carbonyl (C=O) groups excluding carboxylic acids is 1. The summed E-state index contributed by atoms with van der Waals surface area (Å²) in [5.41, 5.74) is 0.590. The number of halogens is 2. The standard InChI is InChI=1S/C15H18F2N6O/c1-22-6-7-23(13(9-22)15-18-20-21-19-15)14(24)5-3-10-2-4-11(16)12(17)8-10/h2,4,8,13H,3,5-7,9H2,1H3,(H,18,19,20,21). The summed E-state index contributed by atoms with van der Waals surface area (Å²) in [5.74, 6) is -1.38. The lowest BCUT2D eigenvalue weighted by Crippen LogP contribution is -2.49. The van der Waals surface area contributed by atoms with Crippen LogP contribution < -0.4 is 0 Å². The van der Waals surface area contributed by atoms with Crippen LogP contribution in [0.4, 0.5) is 8.78 Å². The van der Waals surface area contributed by atoms with Crippen LogP contribution in [-0.4, -0.2) is 63.0 Å². The van der Waals surface area contributed by atoms with Crippen molar-refractivity contribution < 1.29 is 13.6 Å². The fourth-order valence-corrected chi connectivity index (χ4v) is 2.84.